The zero-order valence-electron chi connectivity index (χ0n) is 14.0. The summed E-state index contributed by atoms with van der Waals surface area (Å²) in [6.45, 7) is 1.96. The third kappa shape index (κ3) is 4.15. The van der Waals surface area contributed by atoms with Gasteiger partial charge >= 0.3 is 0 Å². The van der Waals surface area contributed by atoms with Crippen LogP contribution in [0, 0.1) is 12.7 Å². The highest BCUT2D eigenvalue weighted by Gasteiger charge is 2.17. The number of sulfonamides is 1. The normalized spacial score (nSPS) is 11.2. The predicted octanol–water partition coefficient (Wildman–Crippen LogP) is 3.34. The molecule has 3 rings (SSSR count). The molecule has 6 nitrogen and oxygen atoms in total. The van der Waals surface area contributed by atoms with Gasteiger partial charge in [-0.05, 0) is 36.8 Å². The predicted molar refractivity (Wildman–Crippen MR) is 97.7 cm³/mol. The van der Waals surface area contributed by atoms with E-state index in [0.717, 1.165) is 0 Å². The monoisotopic (exact) mass is 372 g/mol. The van der Waals surface area contributed by atoms with Crippen LogP contribution in [0.3, 0.4) is 0 Å². The minimum Gasteiger partial charge on any atom is -0.364 e. The minimum atomic E-state index is -3.74. The Bertz CT molecular complexity index is 1010. The van der Waals surface area contributed by atoms with Crippen molar-refractivity contribution in [1.82, 2.24) is 10.2 Å². The molecule has 0 amide bonds. The average Bonchev–Trinajstić information content (AvgIpc) is 2.62. The Kier molecular flexibility index (Phi) is 5.13. The number of halogens is 1. The molecule has 0 saturated carbocycles. The van der Waals surface area contributed by atoms with Gasteiger partial charge in [-0.2, -0.15) is 0 Å². The summed E-state index contributed by atoms with van der Waals surface area (Å²) >= 11 is 0. The lowest BCUT2D eigenvalue weighted by Gasteiger charge is -2.10. The van der Waals surface area contributed by atoms with Crippen molar-refractivity contribution in [3.8, 4) is 0 Å². The van der Waals surface area contributed by atoms with E-state index in [0.29, 0.717) is 16.9 Å². The van der Waals surface area contributed by atoms with E-state index < -0.39 is 10.0 Å². The van der Waals surface area contributed by atoms with Gasteiger partial charge in [0.2, 0.25) is 0 Å². The van der Waals surface area contributed by atoms with Gasteiger partial charge in [-0.25, -0.2) is 12.8 Å². The van der Waals surface area contributed by atoms with Gasteiger partial charge in [0, 0.05) is 12.1 Å². The molecule has 1 heterocycles. The van der Waals surface area contributed by atoms with Gasteiger partial charge in [0.15, 0.2) is 5.82 Å². The van der Waals surface area contributed by atoms with Crippen molar-refractivity contribution in [1.29, 1.82) is 0 Å². The molecule has 3 aromatic rings. The summed E-state index contributed by atoms with van der Waals surface area (Å²) in [6, 6.07) is 16.1. The number of hydrogen-bond donors (Lipinski definition) is 2. The Morgan fingerprint density at radius 2 is 1.58 bits per heavy atom. The molecule has 134 valence electrons. The van der Waals surface area contributed by atoms with Crippen LogP contribution in [0.4, 0.5) is 16.0 Å². The lowest BCUT2D eigenvalue weighted by atomic mass is 10.2. The zero-order valence-corrected chi connectivity index (χ0v) is 14.8. The van der Waals surface area contributed by atoms with E-state index >= 15 is 0 Å². The smallest absolute Gasteiger partial charge is 0.263 e. The lowest BCUT2D eigenvalue weighted by molar-refractivity contribution is 0.600. The van der Waals surface area contributed by atoms with Crippen LogP contribution in [0.2, 0.25) is 0 Å². The summed E-state index contributed by atoms with van der Waals surface area (Å²) in [5, 5.41) is 10.7. The molecule has 0 aliphatic heterocycles. The Labute approximate surface area is 151 Å². The molecule has 2 N–H and O–H groups in total. The van der Waals surface area contributed by atoms with Crippen molar-refractivity contribution in [3.63, 3.8) is 0 Å². The molecule has 0 aliphatic carbocycles. The maximum absolute atomic E-state index is 13.6. The summed E-state index contributed by atoms with van der Waals surface area (Å²) in [5.41, 5.74) is 1.13. The molecule has 1 aromatic heterocycles. The Hall–Kier alpha value is -3.00. The standard InChI is InChI=1S/C18H17FN4O2S/c1-13-6-2-5-9-16(13)26(24,25)23-18-11-10-17(21-22-18)20-12-14-7-3-4-8-15(14)19/h2-11H,12H2,1H3,(H,20,21)(H,22,23). The summed E-state index contributed by atoms with van der Waals surface area (Å²) in [4.78, 5) is 0.184. The number of rotatable bonds is 6. The summed E-state index contributed by atoms with van der Waals surface area (Å²) in [5.74, 6) is 0.201. The van der Waals surface area contributed by atoms with Gasteiger partial charge in [-0.15, -0.1) is 10.2 Å². The van der Waals surface area contributed by atoms with Gasteiger partial charge in [-0.1, -0.05) is 36.4 Å². The highest BCUT2D eigenvalue weighted by atomic mass is 32.2. The second kappa shape index (κ2) is 7.49. The third-order valence-corrected chi connectivity index (χ3v) is 5.22. The molecule has 0 saturated heterocycles. The Morgan fingerprint density at radius 3 is 2.27 bits per heavy atom. The molecule has 2 aromatic carbocycles. The molecule has 0 fully saturated rings. The minimum absolute atomic E-state index is 0.102. The van der Waals surface area contributed by atoms with Crippen LogP contribution in [-0.2, 0) is 16.6 Å². The number of anilines is 2. The molecule has 0 unspecified atom stereocenters. The fraction of sp³-hybridized carbons (Fsp3) is 0.111. The van der Waals surface area contributed by atoms with Crippen LogP contribution in [0.25, 0.3) is 0 Å². The quantitative estimate of drug-likeness (QED) is 0.693. The first kappa shape index (κ1) is 17.8. The Morgan fingerprint density at radius 1 is 0.923 bits per heavy atom. The highest BCUT2D eigenvalue weighted by Crippen LogP contribution is 2.18. The first-order valence-electron chi connectivity index (χ1n) is 7.85. The van der Waals surface area contributed by atoms with Crippen molar-refractivity contribution in [3.05, 3.63) is 77.6 Å². The van der Waals surface area contributed by atoms with Crippen molar-refractivity contribution in [2.24, 2.45) is 0 Å². The van der Waals surface area contributed by atoms with Crippen molar-refractivity contribution in [2.45, 2.75) is 18.4 Å². The number of aromatic nitrogens is 2. The SMILES string of the molecule is Cc1ccccc1S(=O)(=O)Nc1ccc(NCc2ccccc2F)nn1. The molecule has 0 aliphatic rings. The number of hydrogen-bond acceptors (Lipinski definition) is 5. The van der Waals surface area contributed by atoms with Crippen molar-refractivity contribution in [2.75, 3.05) is 10.0 Å². The maximum Gasteiger partial charge on any atom is 0.263 e. The molecule has 26 heavy (non-hydrogen) atoms. The van der Waals surface area contributed by atoms with Gasteiger partial charge in [-0.3, -0.25) is 4.72 Å². The third-order valence-electron chi connectivity index (χ3n) is 3.70. The van der Waals surface area contributed by atoms with E-state index in [4.69, 9.17) is 0 Å². The number of nitrogens with zero attached hydrogens (tertiary/aromatic N) is 2. The van der Waals surface area contributed by atoms with Crippen LogP contribution in [0.15, 0.2) is 65.6 Å². The molecular formula is C18H17FN4O2S. The number of nitrogens with one attached hydrogen (secondary N) is 2. The Balaban J connectivity index is 1.68. The topological polar surface area (TPSA) is 84.0 Å². The average molecular weight is 372 g/mol. The highest BCUT2D eigenvalue weighted by molar-refractivity contribution is 7.92. The largest absolute Gasteiger partial charge is 0.364 e. The van der Waals surface area contributed by atoms with Gasteiger partial charge in [0.05, 0.1) is 4.90 Å². The molecule has 0 radical (unpaired) electrons. The second-order valence-corrected chi connectivity index (χ2v) is 7.27. The number of aryl methyl sites for hydroxylation is 1. The first-order chi connectivity index (χ1) is 12.5. The van der Waals surface area contributed by atoms with E-state index in [1.165, 1.54) is 18.2 Å². The first-order valence-corrected chi connectivity index (χ1v) is 9.33. The van der Waals surface area contributed by atoms with Crippen molar-refractivity contribution >= 4 is 21.7 Å². The van der Waals surface area contributed by atoms with E-state index in [9.17, 15) is 12.8 Å². The van der Waals surface area contributed by atoms with Gasteiger partial charge in [0.25, 0.3) is 10.0 Å². The van der Waals surface area contributed by atoms with Crippen LogP contribution in [0.5, 0.6) is 0 Å². The molecule has 0 bridgehead atoms. The van der Waals surface area contributed by atoms with Crippen molar-refractivity contribution < 1.29 is 12.8 Å². The maximum atomic E-state index is 13.6. The van der Waals surface area contributed by atoms with Gasteiger partial charge in [0.1, 0.15) is 11.6 Å². The second-order valence-electron chi connectivity index (χ2n) is 5.62. The van der Waals surface area contributed by atoms with E-state index in [1.807, 2.05) is 0 Å². The van der Waals surface area contributed by atoms with E-state index in [-0.39, 0.29) is 23.1 Å². The van der Waals surface area contributed by atoms with E-state index in [1.54, 1.807) is 49.4 Å². The summed E-state index contributed by atoms with van der Waals surface area (Å²) in [6.07, 6.45) is 0. The van der Waals surface area contributed by atoms with Crippen LogP contribution < -0.4 is 10.0 Å². The fourth-order valence-electron chi connectivity index (χ4n) is 2.36. The summed E-state index contributed by atoms with van der Waals surface area (Å²) in [7, 11) is -3.74. The molecule has 0 atom stereocenters. The molecule has 0 spiro atoms. The molecule has 8 heteroatoms. The fourth-order valence-corrected chi connectivity index (χ4v) is 3.60. The van der Waals surface area contributed by atoms with Crippen LogP contribution >= 0.6 is 0 Å². The zero-order chi connectivity index (χ0) is 18.6. The lowest BCUT2D eigenvalue weighted by Crippen LogP contribution is -2.15. The van der Waals surface area contributed by atoms with Crippen LogP contribution in [0.1, 0.15) is 11.1 Å². The van der Waals surface area contributed by atoms with Gasteiger partial charge < -0.3 is 5.32 Å². The number of benzene rings is 2. The summed E-state index contributed by atoms with van der Waals surface area (Å²) < 4.78 is 40.8. The molecular weight excluding hydrogens is 355 g/mol. The van der Waals surface area contributed by atoms with Crippen LogP contribution in [-0.4, -0.2) is 18.6 Å². The van der Waals surface area contributed by atoms with E-state index in [2.05, 4.69) is 20.2 Å².